The van der Waals surface area contributed by atoms with E-state index in [0.29, 0.717) is 16.7 Å². The van der Waals surface area contributed by atoms with Crippen LogP contribution in [-0.4, -0.2) is 5.91 Å². The average Bonchev–Trinajstić information content (AvgIpc) is 2.66. The monoisotopic (exact) mass is 351 g/mol. The Morgan fingerprint density at radius 2 is 1.73 bits per heavy atom. The van der Waals surface area contributed by atoms with Gasteiger partial charge < -0.3 is 5.32 Å². The Labute approximate surface area is 151 Å². The number of nitrogens with one attached hydrogen (secondary N) is 1. The Balaban J connectivity index is 1.70. The summed E-state index contributed by atoms with van der Waals surface area (Å²) in [4.78, 5) is 12.3. The molecule has 0 aliphatic carbocycles. The van der Waals surface area contributed by atoms with Gasteiger partial charge in [-0.1, -0.05) is 54.6 Å². The molecular weight excluding hydrogens is 332 g/mol. The highest BCUT2D eigenvalue weighted by atomic mass is 19.1. The Morgan fingerprint density at radius 1 is 0.962 bits per heavy atom. The van der Waals surface area contributed by atoms with Crippen LogP contribution in [0.25, 0.3) is 11.1 Å². The second-order valence-electron chi connectivity index (χ2n) is 6.17. The lowest BCUT2D eigenvalue weighted by Crippen LogP contribution is -2.27. The SMILES string of the molecule is CC(C(=O)NCc1cccc(F)c1)c1ccc(-c2ccccc2)c(F)c1. The smallest absolute Gasteiger partial charge is 0.227 e. The van der Waals surface area contributed by atoms with Gasteiger partial charge in [-0.25, -0.2) is 8.78 Å². The van der Waals surface area contributed by atoms with Crippen molar-refractivity contribution < 1.29 is 13.6 Å². The van der Waals surface area contributed by atoms with E-state index < -0.39 is 5.92 Å². The normalized spacial score (nSPS) is 11.8. The second-order valence-corrected chi connectivity index (χ2v) is 6.17. The third-order valence-corrected chi connectivity index (χ3v) is 4.33. The van der Waals surface area contributed by atoms with Gasteiger partial charge in [0.2, 0.25) is 5.91 Å². The van der Waals surface area contributed by atoms with Crippen molar-refractivity contribution >= 4 is 5.91 Å². The highest BCUT2D eigenvalue weighted by Gasteiger charge is 2.17. The summed E-state index contributed by atoms with van der Waals surface area (Å²) in [6, 6.07) is 20.2. The predicted molar refractivity (Wildman–Crippen MR) is 98.5 cm³/mol. The van der Waals surface area contributed by atoms with E-state index >= 15 is 0 Å². The summed E-state index contributed by atoms with van der Waals surface area (Å²) < 4.78 is 27.7. The van der Waals surface area contributed by atoms with Crippen molar-refractivity contribution in [2.45, 2.75) is 19.4 Å². The number of carbonyl (C=O) groups excluding carboxylic acids is 1. The van der Waals surface area contributed by atoms with Gasteiger partial charge in [0.1, 0.15) is 11.6 Å². The first-order valence-electron chi connectivity index (χ1n) is 8.41. The summed E-state index contributed by atoms with van der Waals surface area (Å²) in [6.07, 6.45) is 0. The summed E-state index contributed by atoms with van der Waals surface area (Å²) in [6.45, 7) is 1.95. The van der Waals surface area contributed by atoms with Crippen molar-refractivity contribution in [2.24, 2.45) is 0 Å². The maximum absolute atomic E-state index is 14.5. The lowest BCUT2D eigenvalue weighted by Gasteiger charge is -2.14. The van der Waals surface area contributed by atoms with Crippen LogP contribution in [0.3, 0.4) is 0 Å². The third-order valence-electron chi connectivity index (χ3n) is 4.33. The molecule has 0 spiro atoms. The number of hydrogen-bond donors (Lipinski definition) is 1. The van der Waals surface area contributed by atoms with Crippen LogP contribution in [0.4, 0.5) is 8.78 Å². The molecule has 132 valence electrons. The van der Waals surface area contributed by atoms with Crippen LogP contribution in [0.1, 0.15) is 24.0 Å². The minimum absolute atomic E-state index is 0.228. The van der Waals surface area contributed by atoms with Crippen molar-refractivity contribution in [3.63, 3.8) is 0 Å². The van der Waals surface area contributed by atoms with Gasteiger partial charge in [-0.05, 0) is 41.8 Å². The van der Waals surface area contributed by atoms with Crippen LogP contribution in [0.15, 0.2) is 72.8 Å². The number of hydrogen-bond acceptors (Lipinski definition) is 1. The summed E-state index contributed by atoms with van der Waals surface area (Å²) >= 11 is 0. The fourth-order valence-corrected chi connectivity index (χ4v) is 2.79. The molecule has 3 aromatic rings. The fraction of sp³-hybridized carbons (Fsp3) is 0.136. The van der Waals surface area contributed by atoms with E-state index in [9.17, 15) is 13.6 Å². The van der Waals surface area contributed by atoms with Crippen molar-refractivity contribution in [3.05, 3.63) is 95.6 Å². The van der Waals surface area contributed by atoms with Crippen LogP contribution < -0.4 is 5.32 Å². The molecule has 0 bridgehead atoms. The first-order chi connectivity index (χ1) is 12.5. The molecule has 3 aromatic carbocycles. The quantitative estimate of drug-likeness (QED) is 0.685. The number of halogens is 2. The summed E-state index contributed by atoms with van der Waals surface area (Å²) in [5.74, 6) is -1.45. The lowest BCUT2D eigenvalue weighted by molar-refractivity contribution is -0.122. The molecule has 0 saturated heterocycles. The molecule has 0 heterocycles. The second kappa shape index (κ2) is 7.91. The summed E-state index contributed by atoms with van der Waals surface area (Å²) in [7, 11) is 0. The predicted octanol–water partition coefficient (Wildman–Crippen LogP) is 5.05. The maximum Gasteiger partial charge on any atom is 0.227 e. The largest absolute Gasteiger partial charge is 0.352 e. The first-order valence-corrected chi connectivity index (χ1v) is 8.41. The van der Waals surface area contributed by atoms with Crippen LogP contribution in [0.5, 0.6) is 0 Å². The molecule has 0 aliphatic heterocycles. The Hall–Kier alpha value is -3.01. The van der Waals surface area contributed by atoms with Crippen molar-refractivity contribution in [3.8, 4) is 11.1 Å². The van der Waals surface area contributed by atoms with Crippen molar-refractivity contribution in [1.82, 2.24) is 5.32 Å². The molecule has 1 atom stereocenters. The topological polar surface area (TPSA) is 29.1 Å². The van der Waals surface area contributed by atoms with Crippen LogP contribution in [0.2, 0.25) is 0 Å². The fourth-order valence-electron chi connectivity index (χ4n) is 2.79. The van der Waals surface area contributed by atoms with Crippen LogP contribution >= 0.6 is 0 Å². The minimum atomic E-state index is -0.511. The molecule has 0 fully saturated rings. The molecule has 1 N–H and O–H groups in total. The van der Waals surface area contributed by atoms with Gasteiger partial charge in [0.05, 0.1) is 5.92 Å². The third kappa shape index (κ3) is 4.14. The maximum atomic E-state index is 14.5. The van der Waals surface area contributed by atoms with E-state index in [0.717, 1.165) is 5.56 Å². The number of benzene rings is 3. The zero-order chi connectivity index (χ0) is 18.5. The summed E-state index contributed by atoms with van der Waals surface area (Å²) in [5.41, 5.74) is 2.57. The highest BCUT2D eigenvalue weighted by Crippen LogP contribution is 2.26. The van der Waals surface area contributed by atoms with Gasteiger partial charge >= 0.3 is 0 Å². The molecule has 2 nitrogen and oxygen atoms in total. The molecule has 26 heavy (non-hydrogen) atoms. The van der Waals surface area contributed by atoms with Gasteiger partial charge in [-0.15, -0.1) is 0 Å². The zero-order valence-electron chi connectivity index (χ0n) is 14.4. The van der Waals surface area contributed by atoms with Gasteiger partial charge in [-0.3, -0.25) is 4.79 Å². The molecule has 0 aromatic heterocycles. The van der Waals surface area contributed by atoms with Gasteiger partial charge in [-0.2, -0.15) is 0 Å². The molecule has 0 saturated carbocycles. The molecular formula is C22H19F2NO. The van der Waals surface area contributed by atoms with E-state index in [2.05, 4.69) is 5.32 Å². The van der Waals surface area contributed by atoms with Crippen molar-refractivity contribution in [1.29, 1.82) is 0 Å². The van der Waals surface area contributed by atoms with E-state index in [-0.39, 0.29) is 24.1 Å². The van der Waals surface area contributed by atoms with Gasteiger partial charge in [0, 0.05) is 12.1 Å². The van der Waals surface area contributed by atoms with Gasteiger partial charge in [0.25, 0.3) is 0 Å². The van der Waals surface area contributed by atoms with E-state index in [1.54, 1.807) is 31.2 Å². The molecule has 4 heteroatoms. The first kappa shape index (κ1) is 17.8. The highest BCUT2D eigenvalue weighted by molar-refractivity contribution is 5.83. The Kier molecular flexibility index (Phi) is 5.42. The molecule has 3 rings (SSSR count). The van der Waals surface area contributed by atoms with E-state index in [1.165, 1.54) is 18.2 Å². The number of carbonyl (C=O) groups is 1. The van der Waals surface area contributed by atoms with Crippen molar-refractivity contribution in [2.75, 3.05) is 0 Å². The molecule has 1 amide bonds. The average molecular weight is 351 g/mol. The summed E-state index contributed by atoms with van der Waals surface area (Å²) in [5, 5.41) is 2.76. The standard InChI is InChI=1S/C22H19F2NO/c1-15(22(26)25-14-16-6-5-9-19(23)12-16)18-10-11-20(21(24)13-18)17-7-3-2-4-8-17/h2-13,15H,14H2,1H3,(H,25,26). The Morgan fingerprint density at radius 3 is 2.42 bits per heavy atom. The van der Waals surface area contributed by atoms with E-state index in [4.69, 9.17) is 0 Å². The molecule has 0 radical (unpaired) electrons. The Bertz CT molecular complexity index is 909. The number of amides is 1. The molecule has 1 unspecified atom stereocenters. The lowest BCUT2D eigenvalue weighted by atomic mass is 9.96. The minimum Gasteiger partial charge on any atom is -0.352 e. The van der Waals surface area contributed by atoms with E-state index in [1.807, 2.05) is 30.3 Å². The van der Waals surface area contributed by atoms with Gasteiger partial charge in [0.15, 0.2) is 0 Å². The zero-order valence-corrected chi connectivity index (χ0v) is 14.4. The van der Waals surface area contributed by atoms with Crippen LogP contribution in [-0.2, 0) is 11.3 Å². The van der Waals surface area contributed by atoms with Crippen LogP contribution in [0, 0.1) is 11.6 Å². The number of rotatable bonds is 5. The molecule has 0 aliphatic rings.